The molecule has 0 spiro atoms. The van der Waals surface area contributed by atoms with Crippen LogP contribution in [-0.4, -0.2) is 0 Å². The van der Waals surface area contributed by atoms with E-state index in [9.17, 15) is 22.0 Å². The van der Waals surface area contributed by atoms with Crippen LogP contribution in [0.3, 0.4) is 0 Å². The Morgan fingerprint density at radius 3 is 0.981 bits per heavy atom. The van der Waals surface area contributed by atoms with Crippen molar-refractivity contribution < 1.29 is 22.0 Å². The van der Waals surface area contributed by atoms with Crippen molar-refractivity contribution in [3.8, 4) is 0 Å². The Kier molecular flexibility index (Phi) is 46.5. The number of hydrogen-bond donors (Lipinski definition) is 0. The van der Waals surface area contributed by atoms with Gasteiger partial charge in [0.1, 0.15) is 11.6 Å². The maximum absolute atomic E-state index is 12.9. The lowest BCUT2D eigenvalue weighted by Crippen LogP contribution is -2.08. The molecule has 0 aliphatic heterocycles. The zero-order valence-corrected chi connectivity index (χ0v) is 71.0. The first-order chi connectivity index (χ1) is 48.6. The molecule has 0 radical (unpaired) electrons. The van der Waals surface area contributed by atoms with Crippen molar-refractivity contribution in [1.29, 1.82) is 0 Å². The number of hydrogen-bond acceptors (Lipinski definition) is 0. The summed E-state index contributed by atoms with van der Waals surface area (Å²) in [4.78, 5) is 0. The summed E-state index contributed by atoms with van der Waals surface area (Å²) in [5.41, 5.74) is 27.0. The minimum Gasteiger partial charge on any atom is -0.207 e. The summed E-state index contributed by atoms with van der Waals surface area (Å²) in [7, 11) is 0. The van der Waals surface area contributed by atoms with Gasteiger partial charge in [0.05, 0.1) is 5.56 Å². The highest BCUT2D eigenvalue weighted by Gasteiger charge is 2.32. The maximum Gasteiger partial charge on any atom is 0.416 e. The fraction of sp³-hybridized carbons (Fsp3) is 0.362. The van der Waals surface area contributed by atoms with Crippen molar-refractivity contribution in [1.82, 2.24) is 0 Å². The zero-order chi connectivity index (χ0) is 78.1. The SMILES string of the molecule is CCc1ccc(C)c(Br)c1.CCc1ccc(C)c(C)c1.CCc1ccc(C)c(C)c1.CCc1ccc(C)c(Cl)c1.CCc1ccc(C)c(F)c1.CCc1ccc(C)cc1Br.CCc1ccc(C)cc1C.CCc1ccc(C)cc1C(F)(F)F.CCc1ccc(C)cc1Cl.CCc1ccc(C)cc1F. The fourth-order valence-corrected chi connectivity index (χ4v) is 11.7. The largest absolute Gasteiger partial charge is 0.416 e. The van der Waals surface area contributed by atoms with Crippen molar-refractivity contribution in [2.45, 2.75) is 230 Å². The summed E-state index contributed by atoms with van der Waals surface area (Å²) in [5.74, 6) is -0.179. The Morgan fingerprint density at radius 1 is 0.252 bits per heavy atom. The van der Waals surface area contributed by atoms with E-state index in [1.54, 1.807) is 39.0 Å². The highest BCUT2D eigenvalue weighted by Crippen LogP contribution is 2.33. The van der Waals surface area contributed by atoms with Gasteiger partial charge in [0.25, 0.3) is 0 Å². The number of benzene rings is 10. The van der Waals surface area contributed by atoms with Crippen LogP contribution in [-0.2, 0) is 70.4 Å². The van der Waals surface area contributed by atoms with E-state index in [1.807, 2.05) is 71.0 Å². The Balaban J connectivity index is 0.000000573. The first-order valence-corrected chi connectivity index (χ1v) is 38.8. The standard InChI is InChI=1S/C10H11F3.3C10H14.2C9H11Br.2C9H11Cl.2C9H11F/c1-3-8-5-4-7(2)6-9(8)10(11,12)13;2*1-4-10-6-5-8(2)9(3)7-10;1-4-10-6-5-8(2)7-9(10)3;1-3-8-5-4-7(2)9(10)6-8;1-3-8-5-4-7(2)6-9(8)10;1-3-8-5-4-7(2)9(10)6-8;1-3-8-5-4-7(2)6-9(8)10;1-3-8-5-4-7(2)9(10)6-8;1-3-8-5-4-7(2)6-9(8)10/h4-6H,3H2,1-2H3;3*5-7H,4H2,1-3H3;6*4-6H,3H2,1-2H3. The van der Waals surface area contributed by atoms with E-state index < -0.39 is 11.7 Å². The van der Waals surface area contributed by atoms with Crippen LogP contribution in [0.4, 0.5) is 22.0 Å². The third kappa shape index (κ3) is 37.3. The van der Waals surface area contributed by atoms with Gasteiger partial charge in [-0.3, -0.25) is 0 Å². The van der Waals surface area contributed by atoms with Gasteiger partial charge in [0.2, 0.25) is 0 Å². The predicted octanol–water partition coefficient (Wildman–Crippen LogP) is 30.6. The minimum absolute atomic E-state index is 0.0810. The molecular weight excluding hydrogens is 1450 g/mol. The van der Waals surface area contributed by atoms with Crippen LogP contribution < -0.4 is 0 Å². The molecule has 0 aliphatic carbocycles. The number of rotatable bonds is 10. The van der Waals surface area contributed by atoms with E-state index in [1.165, 1.54) is 110 Å². The molecule has 10 aromatic carbocycles. The second-order valence-corrected chi connectivity index (χ2v) is 28.5. The lowest BCUT2D eigenvalue weighted by molar-refractivity contribution is -0.138. The van der Waals surface area contributed by atoms with Crippen molar-refractivity contribution >= 4 is 55.1 Å². The molecule has 9 heteroatoms. The molecule has 0 fully saturated rings. The van der Waals surface area contributed by atoms with Gasteiger partial charge in [-0.25, -0.2) is 8.78 Å². The predicted molar refractivity (Wildman–Crippen MR) is 450 cm³/mol. The van der Waals surface area contributed by atoms with Crippen LogP contribution in [0.15, 0.2) is 191 Å². The first kappa shape index (κ1) is 94.4. The fourth-order valence-electron chi connectivity index (χ4n) is 9.94. The molecule has 0 aliphatic rings. The van der Waals surface area contributed by atoms with Crippen LogP contribution in [0.1, 0.15) is 203 Å². The second-order valence-electron chi connectivity index (χ2n) is 26.0. The number of aryl methyl sites for hydroxylation is 23. The van der Waals surface area contributed by atoms with Gasteiger partial charge in [0, 0.05) is 19.0 Å². The lowest BCUT2D eigenvalue weighted by Gasteiger charge is -2.11. The lowest BCUT2D eigenvalue weighted by atomic mass is 10.0. The molecule has 0 atom stereocenters. The summed E-state index contributed by atoms with van der Waals surface area (Å²) in [6, 6.07) is 60.4. The molecular formula is C94H119Br2Cl2F5. The van der Waals surface area contributed by atoms with Gasteiger partial charge in [0.15, 0.2) is 0 Å². The van der Waals surface area contributed by atoms with Crippen molar-refractivity contribution in [3.05, 3.63) is 346 Å². The van der Waals surface area contributed by atoms with Gasteiger partial charge in [-0.2, -0.15) is 13.2 Å². The van der Waals surface area contributed by atoms with Gasteiger partial charge in [-0.15, -0.1) is 0 Å². The van der Waals surface area contributed by atoms with Gasteiger partial charge in [-0.05, 0) is 314 Å². The molecule has 0 bridgehead atoms. The molecule has 10 aromatic rings. The van der Waals surface area contributed by atoms with Crippen LogP contribution >= 0.6 is 55.1 Å². The molecule has 0 N–H and O–H groups in total. The van der Waals surface area contributed by atoms with E-state index >= 15 is 0 Å². The highest BCUT2D eigenvalue weighted by atomic mass is 79.9. The number of halogens is 9. The minimum atomic E-state index is -4.22. The summed E-state index contributed by atoms with van der Waals surface area (Å²) in [6.07, 6.45) is 5.56. The average Bonchev–Trinajstić information content (AvgIpc) is 0.828. The normalized spacial score (nSPS) is 10.1. The molecule has 0 aromatic heterocycles. The number of alkyl halides is 3. The van der Waals surface area contributed by atoms with Crippen LogP contribution in [0.2, 0.25) is 10.0 Å². The molecule has 558 valence electrons. The monoisotopic (exact) mass is 1570 g/mol. The topological polar surface area (TPSA) is 0 Å². The maximum atomic E-state index is 12.9. The van der Waals surface area contributed by atoms with Crippen LogP contribution in [0, 0.1) is 102 Å². The zero-order valence-electron chi connectivity index (χ0n) is 66.3. The van der Waals surface area contributed by atoms with Crippen molar-refractivity contribution in [2.24, 2.45) is 0 Å². The Hall–Kier alpha value is -6.61. The van der Waals surface area contributed by atoms with E-state index in [0.717, 1.165) is 95.6 Å². The summed E-state index contributed by atoms with van der Waals surface area (Å²) in [5, 5.41) is 1.77. The smallest absolute Gasteiger partial charge is 0.207 e. The Morgan fingerprint density at radius 2 is 0.602 bits per heavy atom. The molecule has 103 heavy (non-hydrogen) atoms. The van der Waals surface area contributed by atoms with E-state index in [0.29, 0.717) is 17.5 Å². The van der Waals surface area contributed by atoms with Crippen LogP contribution in [0.25, 0.3) is 0 Å². The van der Waals surface area contributed by atoms with Crippen LogP contribution in [0.5, 0.6) is 0 Å². The second kappa shape index (κ2) is 50.8. The van der Waals surface area contributed by atoms with Gasteiger partial charge < -0.3 is 0 Å². The van der Waals surface area contributed by atoms with Crippen molar-refractivity contribution in [2.75, 3.05) is 0 Å². The van der Waals surface area contributed by atoms with E-state index in [2.05, 4.69) is 251 Å². The molecule has 0 unspecified atom stereocenters. The summed E-state index contributed by atoms with van der Waals surface area (Å²) >= 11 is 18.8. The molecule has 0 amide bonds. The molecule has 0 nitrogen and oxygen atoms in total. The van der Waals surface area contributed by atoms with Gasteiger partial charge >= 0.3 is 6.18 Å². The highest BCUT2D eigenvalue weighted by molar-refractivity contribution is 9.10. The van der Waals surface area contributed by atoms with E-state index in [-0.39, 0.29) is 11.6 Å². The third-order valence-electron chi connectivity index (χ3n) is 17.5. The molecule has 10 rings (SSSR count). The quantitative estimate of drug-likeness (QED) is 0.120. The molecule has 0 saturated heterocycles. The summed E-state index contributed by atoms with van der Waals surface area (Å²) < 4.78 is 65.3. The van der Waals surface area contributed by atoms with Gasteiger partial charge in [-0.1, -0.05) is 275 Å². The average molecular weight is 1570 g/mol. The van der Waals surface area contributed by atoms with E-state index in [4.69, 9.17) is 23.2 Å². The Bertz CT molecular complexity index is 3600. The molecule has 0 saturated carbocycles. The Labute approximate surface area is 648 Å². The first-order valence-electron chi connectivity index (χ1n) is 36.4. The third-order valence-corrected chi connectivity index (χ3v) is 19.8. The molecule has 0 heterocycles. The summed E-state index contributed by atoms with van der Waals surface area (Å²) in [6.45, 7) is 47.3. The van der Waals surface area contributed by atoms with Crippen molar-refractivity contribution in [3.63, 3.8) is 0 Å².